The predicted octanol–water partition coefficient (Wildman–Crippen LogP) is 4.04. The lowest BCUT2D eigenvalue weighted by atomic mass is 10.1. The Kier molecular flexibility index (Phi) is 6.88. The molecule has 0 saturated carbocycles. The van der Waals surface area contributed by atoms with Crippen molar-refractivity contribution in [3.8, 4) is 0 Å². The number of amides is 1. The summed E-state index contributed by atoms with van der Waals surface area (Å²) in [6, 6.07) is 6.68. The standard InChI is InChI=1S/C19H29BrN2O3/c1-14-11-22(18(23)25-19(2,3)4)9-8-21(14)12-15-6-7-17(20)16(10-15)13-24-5/h6-7,10,14H,8-9,11-13H2,1-5H3/t14-/m1/s1. The Bertz CT molecular complexity index is 601. The molecule has 0 radical (unpaired) electrons. The molecule has 5 nitrogen and oxygen atoms in total. The molecule has 1 amide bonds. The average Bonchev–Trinajstić information content (AvgIpc) is 2.51. The first-order chi connectivity index (χ1) is 11.7. The van der Waals surface area contributed by atoms with Gasteiger partial charge in [0.1, 0.15) is 5.60 Å². The smallest absolute Gasteiger partial charge is 0.410 e. The van der Waals surface area contributed by atoms with Crippen molar-refractivity contribution < 1.29 is 14.3 Å². The molecule has 0 N–H and O–H groups in total. The van der Waals surface area contributed by atoms with Crippen LogP contribution in [-0.2, 0) is 22.6 Å². The van der Waals surface area contributed by atoms with Crippen LogP contribution in [0.3, 0.4) is 0 Å². The van der Waals surface area contributed by atoms with E-state index < -0.39 is 5.60 Å². The van der Waals surface area contributed by atoms with E-state index in [0.29, 0.717) is 19.7 Å². The van der Waals surface area contributed by atoms with Crippen LogP contribution in [0.25, 0.3) is 0 Å². The molecule has 1 aromatic rings. The molecule has 1 saturated heterocycles. The maximum atomic E-state index is 12.2. The molecular weight excluding hydrogens is 384 g/mol. The Labute approximate surface area is 159 Å². The first-order valence-electron chi connectivity index (χ1n) is 8.68. The third kappa shape index (κ3) is 5.97. The molecule has 1 aliphatic rings. The first-order valence-corrected chi connectivity index (χ1v) is 9.47. The Hall–Kier alpha value is -1.11. The normalized spacial score (nSPS) is 19.1. The minimum Gasteiger partial charge on any atom is -0.444 e. The maximum absolute atomic E-state index is 12.2. The minimum absolute atomic E-state index is 0.218. The quantitative estimate of drug-likeness (QED) is 0.748. The van der Waals surface area contributed by atoms with Crippen molar-refractivity contribution in [3.05, 3.63) is 33.8 Å². The van der Waals surface area contributed by atoms with Crippen LogP contribution in [0.4, 0.5) is 4.79 Å². The van der Waals surface area contributed by atoms with Crippen LogP contribution in [0.1, 0.15) is 38.8 Å². The maximum Gasteiger partial charge on any atom is 0.410 e. The number of halogens is 1. The zero-order valence-electron chi connectivity index (χ0n) is 15.8. The van der Waals surface area contributed by atoms with E-state index >= 15 is 0 Å². The summed E-state index contributed by atoms with van der Waals surface area (Å²) in [6.45, 7) is 11.5. The number of benzene rings is 1. The number of carbonyl (C=O) groups excluding carboxylic acids is 1. The lowest BCUT2D eigenvalue weighted by Crippen LogP contribution is -2.54. The zero-order chi connectivity index (χ0) is 18.6. The molecule has 0 spiro atoms. The van der Waals surface area contributed by atoms with E-state index in [0.717, 1.165) is 23.1 Å². The molecule has 6 heteroatoms. The molecule has 1 atom stereocenters. The highest BCUT2D eigenvalue weighted by molar-refractivity contribution is 9.10. The molecule has 25 heavy (non-hydrogen) atoms. The molecule has 1 heterocycles. The Balaban J connectivity index is 1.95. The van der Waals surface area contributed by atoms with Gasteiger partial charge in [0.25, 0.3) is 0 Å². The van der Waals surface area contributed by atoms with Crippen molar-refractivity contribution in [1.29, 1.82) is 0 Å². The largest absolute Gasteiger partial charge is 0.444 e. The summed E-state index contributed by atoms with van der Waals surface area (Å²) in [5.41, 5.74) is 1.96. The van der Waals surface area contributed by atoms with Gasteiger partial charge in [-0.05, 0) is 44.9 Å². The van der Waals surface area contributed by atoms with Crippen LogP contribution in [0, 0.1) is 0 Å². The van der Waals surface area contributed by atoms with Crippen molar-refractivity contribution >= 4 is 22.0 Å². The number of piperazine rings is 1. The highest BCUT2D eigenvalue weighted by Gasteiger charge is 2.29. The van der Waals surface area contributed by atoms with Gasteiger partial charge in [0.2, 0.25) is 0 Å². The number of ether oxygens (including phenoxy) is 2. The molecule has 2 rings (SSSR count). The van der Waals surface area contributed by atoms with Crippen LogP contribution in [0.2, 0.25) is 0 Å². The number of hydrogen-bond donors (Lipinski definition) is 0. The monoisotopic (exact) mass is 412 g/mol. The van der Waals surface area contributed by atoms with Crippen LogP contribution < -0.4 is 0 Å². The van der Waals surface area contributed by atoms with E-state index in [4.69, 9.17) is 9.47 Å². The summed E-state index contributed by atoms with van der Waals surface area (Å²) >= 11 is 3.56. The van der Waals surface area contributed by atoms with Crippen molar-refractivity contribution in [1.82, 2.24) is 9.80 Å². The molecule has 0 aromatic heterocycles. The van der Waals surface area contributed by atoms with E-state index in [9.17, 15) is 4.79 Å². The van der Waals surface area contributed by atoms with Gasteiger partial charge >= 0.3 is 6.09 Å². The third-order valence-corrected chi connectivity index (χ3v) is 4.99. The average molecular weight is 413 g/mol. The summed E-state index contributed by atoms with van der Waals surface area (Å²) in [7, 11) is 1.71. The third-order valence-electron chi connectivity index (χ3n) is 4.21. The number of carbonyl (C=O) groups is 1. The molecule has 0 unspecified atom stereocenters. The fraction of sp³-hybridized carbons (Fsp3) is 0.632. The van der Waals surface area contributed by atoms with Crippen molar-refractivity contribution in [3.63, 3.8) is 0 Å². The SMILES string of the molecule is COCc1cc(CN2CCN(C(=O)OC(C)(C)C)C[C@H]2C)ccc1Br. The van der Waals surface area contributed by atoms with Gasteiger partial charge in [-0.1, -0.05) is 28.1 Å². The number of nitrogens with zero attached hydrogens (tertiary/aromatic N) is 2. The first kappa shape index (κ1) is 20.2. The predicted molar refractivity (Wildman–Crippen MR) is 103 cm³/mol. The highest BCUT2D eigenvalue weighted by atomic mass is 79.9. The Morgan fingerprint density at radius 2 is 2.04 bits per heavy atom. The van der Waals surface area contributed by atoms with Gasteiger partial charge in [0.05, 0.1) is 6.61 Å². The Morgan fingerprint density at radius 1 is 1.32 bits per heavy atom. The summed E-state index contributed by atoms with van der Waals surface area (Å²) in [6.07, 6.45) is -0.218. The number of methoxy groups -OCH3 is 1. The van der Waals surface area contributed by atoms with Gasteiger partial charge in [-0.3, -0.25) is 4.90 Å². The van der Waals surface area contributed by atoms with Crippen LogP contribution in [0.15, 0.2) is 22.7 Å². The summed E-state index contributed by atoms with van der Waals surface area (Å²) < 4.78 is 11.8. The minimum atomic E-state index is -0.452. The van der Waals surface area contributed by atoms with Crippen molar-refractivity contribution in [2.24, 2.45) is 0 Å². The van der Waals surface area contributed by atoms with E-state index in [2.05, 4.69) is 46.0 Å². The molecule has 1 fully saturated rings. The van der Waals surface area contributed by atoms with E-state index in [1.165, 1.54) is 5.56 Å². The summed E-state index contributed by atoms with van der Waals surface area (Å²) in [4.78, 5) is 16.5. The van der Waals surface area contributed by atoms with Gasteiger partial charge in [0.15, 0.2) is 0 Å². The van der Waals surface area contributed by atoms with Gasteiger partial charge in [-0.2, -0.15) is 0 Å². The van der Waals surface area contributed by atoms with Crippen molar-refractivity contribution in [2.45, 2.75) is 52.5 Å². The van der Waals surface area contributed by atoms with Gasteiger partial charge in [0, 0.05) is 43.8 Å². The summed E-state index contributed by atoms with van der Waals surface area (Å²) in [5.74, 6) is 0. The van der Waals surface area contributed by atoms with Crippen LogP contribution in [0.5, 0.6) is 0 Å². The molecule has 140 valence electrons. The zero-order valence-corrected chi connectivity index (χ0v) is 17.4. The molecule has 0 aliphatic carbocycles. The van der Waals surface area contributed by atoms with Gasteiger partial charge in [-0.25, -0.2) is 4.79 Å². The molecule has 1 aliphatic heterocycles. The Morgan fingerprint density at radius 3 is 2.64 bits per heavy atom. The molecule has 1 aromatic carbocycles. The summed E-state index contributed by atoms with van der Waals surface area (Å²) in [5, 5.41) is 0. The van der Waals surface area contributed by atoms with Gasteiger partial charge in [-0.15, -0.1) is 0 Å². The number of rotatable bonds is 4. The fourth-order valence-corrected chi connectivity index (χ4v) is 3.31. The number of hydrogen-bond acceptors (Lipinski definition) is 4. The molecular formula is C19H29BrN2O3. The second kappa shape index (κ2) is 8.52. The van der Waals surface area contributed by atoms with Crippen LogP contribution in [-0.4, -0.2) is 54.3 Å². The van der Waals surface area contributed by atoms with Crippen LogP contribution >= 0.6 is 15.9 Å². The van der Waals surface area contributed by atoms with Gasteiger partial charge < -0.3 is 14.4 Å². The lowest BCUT2D eigenvalue weighted by molar-refractivity contribution is 0.00460. The molecule has 0 bridgehead atoms. The van der Waals surface area contributed by atoms with Crippen molar-refractivity contribution in [2.75, 3.05) is 26.7 Å². The highest BCUT2D eigenvalue weighted by Crippen LogP contribution is 2.22. The topological polar surface area (TPSA) is 42.0 Å². The van der Waals surface area contributed by atoms with E-state index in [1.54, 1.807) is 7.11 Å². The second-order valence-corrected chi connectivity index (χ2v) is 8.46. The second-order valence-electron chi connectivity index (χ2n) is 7.60. The van der Waals surface area contributed by atoms with E-state index in [-0.39, 0.29) is 12.1 Å². The van der Waals surface area contributed by atoms with E-state index in [1.807, 2.05) is 25.7 Å². The lowest BCUT2D eigenvalue weighted by Gasteiger charge is -2.40. The fourth-order valence-electron chi connectivity index (χ4n) is 2.95.